The number of anilines is 2. The van der Waals surface area contributed by atoms with Crippen LogP contribution in [-0.4, -0.2) is 20.9 Å². The van der Waals surface area contributed by atoms with Gasteiger partial charge in [-0.1, -0.05) is 30.3 Å². The molecule has 0 spiro atoms. The first kappa shape index (κ1) is 14.6. The van der Waals surface area contributed by atoms with Gasteiger partial charge in [0, 0.05) is 23.7 Å². The van der Waals surface area contributed by atoms with Crippen LogP contribution in [0.3, 0.4) is 0 Å². The van der Waals surface area contributed by atoms with Crippen LogP contribution in [0.25, 0.3) is 11.1 Å². The Hall–Kier alpha value is -3.28. The van der Waals surface area contributed by atoms with Crippen molar-refractivity contribution < 1.29 is 4.79 Å². The normalized spacial score (nSPS) is 10.3. The molecule has 0 fully saturated rings. The van der Waals surface area contributed by atoms with E-state index in [1.54, 1.807) is 6.07 Å². The highest BCUT2D eigenvalue weighted by molar-refractivity contribution is 6.05. The van der Waals surface area contributed by atoms with E-state index >= 15 is 0 Å². The molecule has 6 heteroatoms. The first-order valence-corrected chi connectivity index (χ1v) is 7.06. The lowest BCUT2D eigenvalue weighted by Gasteiger charge is -2.09. The van der Waals surface area contributed by atoms with E-state index in [0.29, 0.717) is 5.82 Å². The second kappa shape index (κ2) is 6.23. The maximum atomic E-state index is 12.2. The number of pyridine rings is 1. The number of carbonyl (C=O) groups is 1. The maximum absolute atomic E-state index is 12.2. The molecular weight excluding hydrogens is 290 g/mol. The number of nitrogens with zero attached hydrogens (tertiary/aromatic N) is 3. The number of aromatic nitrogens is 3. The van der Waals surface area contributed by atoms with E-state index in [1.807, 2.05) is 43.3 Å². The molecule has 0 aliphatic carbocycles. The maximum Gasteiger partial charge on any atom is 0.279 e. The fourth-order valence-electron chi connectivity index (χ4n) is 2.25. The monoisotopic (exact) mass is 305 g/mol. The SMILES string of the molecule is Cc1nc(NC(=O)c2nccnc2N)ccc1-c1ccccc1. The third kappa shape index (κ3) is 3.16. The van der Waals surface area contributed by atoms with Gasteiger partial charge in [0.1, 0.15) is 5.82 Å². The predicted octanol–water partition coefficient (Wildman–Crippen LogP) is 2.68. The van der Waals surface area contributed by atoms with Crippen molar-refractivity contribution >= 4 is 17.5 Å². The molecule has 0 aliphatic heterocycles. The van der Waals surface area contributed by atoms with Crippen LogP contribution in [0.4, 0.5) is 11.6 Å². The molecule has 0 saturated carbocycles. The average Bonchev–Trinajstić information content (AvgIpc) is 2.56. The Morgan fingerprint density at radius 2 is 1.78 bits per heavy atom. The van der Waals surface area contributed by atoms with Crippen molar-refractivity contribution in [2.24, 2.45) is 0 Å². The smallest absolute Gasteiger partial charge is 0.279 e. The van der Waals surface area contributed by atoms with E-state index in [9.17, 15) is 4.79 Å². The molecule has 0 unspecified atom stereocenters. The first-order chi connectivity index (χ1) is 11.1. The molecule has 3 aromatic rings. The minimum Gasteiger partial charge on any atom is -0.382 e. The number of nitrogen functional groups attached to an aromatic ring is 1. The zero-order valence-corrected chi connectivity index (χ0v) is 12.5. The van der Waals surface area contributed by atoms with E-state index in [-0.39, 0.29) is 11.5 Å². The lowest BCUT2D eigenvalue weighted by molar-refractivity contribution is 0.102. The van der Waals surface area contributed by atoms with Gasteiger partial charge < -0.3 is 11.1 Å². The Morgan fingerprint density at radius 3 is 2.48 bits per heavy atom. The third-order valence-electron chi connectivity index (χ3n) is 3.35. The summed E-state index contributed by atoms with van der Waals surface area (Å²) in [6.07, 6.45) is 2.85. The summed E-state index contributed by atoms with van der Waals surface area (Å²) in [6.45, 7) is 1.90. The molecule has 3 N–H and O–H groups in total. The van der Waals surface area contributed by atoms with Crippen LogP contribution in [0.15, 0.2) is 54.9 Å². The summed E-state index contributed by atoms with van der Waals surface area (Å²) in [5, 5.41) is 2.69. The van der Waals surface area contributed by atoms with Crippen molar-refractivity contribution in [2.45, 2.75) is 6.92 Å². The number of aryl methyl sites for hydroxylation is 1. The molecule has 0 aliphatic rings. The van der Waals surface area contributed by atoms with Crippen LogP contribution in [0, 0.1) is 6.92 Å². The molecule has 114 valence electrons. The Kier molecular flexibility index (Phi) is 3.97. The van der Waals surface area contributed by atoms with E-state index in [1.165, 1.54) is 12.4 Å². The van der Waals surface area contributed by atoms with Crippen molar-refractivity contribution in [3.05, 3.63) is 66.2 Å². The molecule has 23 heavy (non-hydrogen) atoms. The summed E-state index contributed by atoms with van der Waals surface area (Å²) in [5.74, 6) is 0.0924. The zero-order chi connectivity index (χ0) is 16.2. The highest BCUT2D eigenvalue weighted by Gasteiger charge is 2.13. The molecule has 6 nitrogen and oxygen atoms in total. The first-order valence-electron chi connectivity index (χ1n) is 7.06. The van der Waals surface area contributed by atoms with Crippen molar-refractivity contribution in [1.82, 2.24) is 15.0 Å². The van der Waals surface area contributed by atoms with Crippen LogP contribution in [0.2, 0.25) is 0 Å². The topological polar surface area (TPSA) is 93.8 Å². The third-order valence-corrected chi connectivity index (χ3v) is 3.35. The molecule has 3 rings (SSSR count). The average molecular weight is 305 g/mol. The minimum atomic E-state index is -0.435. The molecule has 1 aromatic carbocycles. The molecule has 2 heterocycles. The van der Waals surface area contributed by atoms with Gasteiger partial charge in [0.2, 0.25) is 0 Å². The summed E-state index contributed by atoms with van der Waals surface area (Å²) in [7, 11) is 0. The summed E-state index contributed by atoms with van der Waals surface area (Å²) < 4.78 is 0. The highest BCUT2D eigenvalue weighted by atomic mass is 16.2. The van der Waals surface area contributed by atoms with E-state index in [4.69, 9.17) is 5.73 Å². The summed E-state index contributed by atoms with van der Waals surface area (Å²) in [6, 6.07) is 13.6. The number of carbonyl (C=O) groups excluding carboxylic acids is 1. The van der Waals surface area contributed by atoms with Crippen LogP contribution in [0.5, 0.6) is 0 Å². The number of amides is 1. The van der Waals surface area contributed by atoms with Gasteiger partial charge >= 0.3 is 0 Å². The Balaban J connectivity index is 1.84. The van der Waals surface area contributed by atoms with Crippen molar-refractivity contribution in [2.75, 3.05) is 11.1 Å². The van der Waals surface area contributed by atoms with Crippen LogP contribution < -0.4 is 11.1 Å². The second-order valence-corrected chi connectivity index (χ2v) is 4.94. The van der Waals surface area contributed by atoms with Crippen molar-refractivity contribution in [1.29, 1.82) is 0 Å². The van der Waals surface area contributed by atoms with Crippen molar-refractivity contribution in [3.63, 3.8) is 0 Å². The van der Waals surface area contributed by atoms with Crippen LogP contribution in [0.1, 0.15) is 16.2 Å². The number of hydrogen-bond donors (Lipinski definition) is 2. The molecule has 1 amide bonds. The fourth-order valence-corrected chi connectivity index (χ4v) is 2.25. The fraction of sp³-hybridized carbons (Fsp3) is 0.0588. The number of benzene rings is 1. The van der Waals surface area contributed by atoms with Gasteiger partial charge in [-0.25, -0.2) is 15.0 Å². The molecule has 0 saturated heterocycles. The van der Waals surface area contributed by atoms with Crippen molar-refractivity contribution in [3.8, 4) is 11.1 Å². The summed E-state index contributed by atoms with van der Waals surface area (Å²) in [5.41, 5.74) is 8.65. The number of rotatable bonds is 3. The van der Waals surface area contributed by atoms with Gasteiger partial charge in [-0.3, -0.25) is 4.79 Å². The number of hydrogen-bond acceptors (Lipinski definition) is 5. The van der Waals surface area contributed by atoms with Crippen LogP contribution >= 0.6 is 0 Å². The Bertz CT molecular complexity index is 849. The molecular formula is C17H15N5O. The Morgan fingerprint density at radius 1 is 1.04 bits per heavy atom. The van der Waals surface area contributed by atoms with E-state index in [0.717, 1.165) is 16.8 Å². The van der Waals surface area contributed by atoms with Gasteiger partial charge in [-0.2, -0.15) is 0 Å². The van der Waals surface area contributed by atoms with Gasteiger partial charge in [0.05, 0.1) is 0 Å². The second-order valence-electron chi connectivity index (χ2n) is 4.94. The number of nitrogens with one attached hydrogen (secondary N) is 1. The predicted molar refractivity (Wildman–Crippen MR) is 88.8 cm³/mol. The zero-order valence-electron chi connectivity index (χ0n) is 12.5. The van der Waals surface area contributed by atoms with Gasteiger partial charge in [-0.05, 0) is 24.6 Å². The Labute approximate surface area is 133 Å². The van der Waals surface area contributed by atoms with E-state index < -0.39 is 5.91 Å². The lowest BCUT2D eigenvalue weighted by Crippen LogP contribution is -2.17. The highest BCUT2D eigenvalue weighted by Crippen LogP contribution is 2.23. The number of nitrogens with two attached hydrogens (primary N) is 1. The van der Waals surface area contributed by atoms with Gasteiger partial charge in [0.25, 0.3) is 5.91 Å². The molecule has 0 atom stereocenters. The lowest BCUT2D eigenvalue weighted by atomic mass is 10.0. The van der Waals surface area contributed by atoms with Gasteiger partial charge in [0.15, 0.2) is 11.5 Å². The van der Waals surface area contributed by atoms with Gasteiger partial charge in [-0.15, -0.1) is 0 Å². The van der Waals surface area contributed by atoms with Crippen LogP contribution in [-0.2, 0) is 0 Å². The largest absolute Gasteiger partial charge is 0.382 e. The quantitative estimate of drug-likeness (QED) is 0.776. The molecule has 2 aromatic heterocycles. The van der Waals surface area contributed by atoms with E-state index in [2.05, 4.69) is 20.3 Å². The standard InChI is InChI=1S/C17H15N5O/c1-11-13(12-5-3-2-4-6-12)7-8-14(21-11)22-17(23)15-16(18)20-10-9-19-15/h2-10H,1H3,(H2,18,20)(H,21,22,23). The summed E-state index contributed by atoms with van der Waals surface area (Å²) in [4.78, 5) is 24.4. The molecule has 0 bridgehead atoms. The minimum absolute atomic E-state index is 0.0825. The molecule has 0 radical (unpaired) electrons. The summed E-state index contributed by atoms with van der Waals surface area (Å²) >= 11 is 0.